The third kappa shape index (κ3) is 14.1. The van der Waals surface area contributed by atoms with Gasteiger partial charge in [-0.15, -0.1) is 0 Å². The Morgan fingerprint density at radius 2 is 0.944 bits per heavy atom. The van der Waals surface area contributed by atoms with Gasteiger partial charge in [-0.3, -0.25) is 48.9 Å². The molecule has 22 nitrogen and oxygen atoms in total. The quantitative estimate of drug-likeness (QED) is 0.0851. The minimum atomic E-state index is -1.07. The van der Waals surface area contributed by atoms with Crippen LogP contribution in [0.25, 0.3) is 0 Å². The molecule has 0 aliphatic carbocycles. The van der Waals surface area contributed by atoms with Crippen molar-refractivity contribution in [3.63, 3.8) is 0 Å². The number of amides is 6. The summed E-state index contributed by atoms with van der Waals surface area (Å²) in [6.45, 7) is 6.48. The molecule has 0 radical (unpaired) electrons. The van der Waals surface area contributed by atoms with E-state index in [0.29, 0.717) is 25.7 Å². The number of aromatic nitrogens is 4. The number of carbonyl (C=O) groups is 6. The lowest BCUT2D eigenvalue weighted by atomic mass is 10.2. The van der Waals surface area contributed by atoms with E-state index in [2.05, 4.69) is 20.1 Å². The molecule has 298 valence electrons. The topological polar surface area (TPSA) is 297 Å². The van der Waals surface area contributed by atoms with E-state index in [9.17, 15) is 47.9 Å². The van der Waals surface area contributed by atoms with Crippen LogP contribution in [0, 0.1) is 0 Å². The number of imide groups is 2. The summed E-state index contributed by atoms with van der Waals surface area (Å²) in [5.74, 6) is -2.15. The van der Waals surface area contributed by atoms with E-state index in [-0.39, 0.29) is 52.4 Å². The molecule has 22 heteroatoms. The number of unbranched alkanes of at least 4 members (excludes halogenated alkanes) is 3. The summed E-state index contributed by atoms with van der Waals surface area (Å²) < 4.78 is 21.7. The summed E-state index contributed by atoms with van der Waals surface area (Å²) in [5.41, 5.74) is -4.72. The average Bonchev–Trinajstić information content (AvgIpc) is 3.11. The van der Waals surface area contributed by atoms with Crippen molar-refractivity contribution in [1.29, 1.82) is 0 Å². The minimum Gasteiger partial charge on any atom is -0.450 e. The van der Waals surface area contributed by atoms with Gasteiger partial charge in [-0.05, 0) is 39.5 Å². The van der Waals surface area contributed by atoms with Gasteiger partial charge in [0.15, 0.2) is 0 Å². The number of carbonyl (C=O) groups excluding carboxylic acids is 6. The van der Waals surface area contributed by atoms with Crippen molar-refractivity contribution in [1.82, 2.24) is 40.4 Å². The summed E-state index contributed by atoms with van der Waals surface area (Å²) in [6.07, 6.45) is 1.46. The maximum atomic E-state index is 12.4. The first-order valence-corrected chi connectivity index (χ1v) is 17.2. The number of nitrogens with zero attached hydrogens (tertiary/aromatic N) is 2. The van der Waals surface area contributed by atoms with Crippen molar-refractivity contribution in [3.8, 4) is 0 Å². The average molecular weight is 767 g/mol. The van der Waals surface area contributed by atoms with Gasteiger partial charge in [0, 0.05) is 25.5 Å². The first-order chi connectivity index (χ1) is 25.8. The van der Waals surface area contributed by atoms with E-state index in [4.69, 9.17) is 9.47 Å². The third-order valence-corrected chi connectivity index (χ3v) is 7.59. The van der Waals surface area contributed by atoms with Gasteiger partial charge in [-0.25, -0.2) is 28.8 Å². The summed E-state index contributed by atoms with van der Waals surface area (Å²) in [6, 6.07) is -1.48. The van der Waals surface area contributed by atoms with Crippen LogP contribution in [-0.4, -0.2) is 94.8 Å². The van der Waals surface area contributed by atoms with Gasteiger partial charge < -0.3 is 29.6 Å². The highest BCUT2D eigenvalue weighted by molar-refractivity contribution is 6.03. The first-order valence-electron chi connectivity index (χ1n) is 17.2. The molecule has 0 fully saturated rings. The lowest BCUT2D eigenvalue weighted by Crippen LogP contribution is -2.41. The fraction of sp³-hybridized carbons (Fsp3) is 0.562. The molecule has 2 heterocycles. The lowest BCUT2D eigenvalue weighted by Gasteiger charge is -2.18. The van der Waals surface area contributed by atoms with E-state index >= 15 is 0 Å². The molecule has 6 N–H and O–H groups in total. The van der Waals surface area contributed by atoms with Crippen LogP contribution >= 0.6 is 0 Å². The van der Waals surface area contributed by atoms with Crippen molar-refractivity contribution in [3.05, 3.63) is 65.2 Å². The molecule has 0 unspecified atom stereocenters. The maximum absolute atomic E-state index is 12.4. The zero-order chi connectivity index (χ0) is 40.2. The molecule has 0 spiro atoms. The molecule has 2 aromatic rings. The van der Waals surface area contributed by atoms with Gasteiger partial charge in [0.1, 0.15) is 24.3 Å². The number of aromatic amines is 2. The molecule has 2 rings (SSSR count). The fourth-order valence-corrected chi connectivity index (χ4v) is 4.71. The maximum Gasteiger partial charge on any atom is 0.414 e. The number of nitrogens with one attached hydrogen (secondary N) is 6. The SMILES string of the molecule is CCOC(=O)NC(=O)c1cn([C@H](CC)COC(=O)NCCCCCCNC(=O)OC[C@@H](CC)n2cc(C(=O)NC(=O)OCC)c(=O)[nH]c2=O)c(=O)[nH]c1=O. The predicted molar refractivity (Wildman–Crippen MR) is 187 cm³/mol. The molecule has 54 heavy (non-hydrogen) atoms. The Balaban J connectivity index is 1.72. The molecule has 0 aliphatic heterocycles. The zero-order valence-corrected chi connectivity index (χ0v) is 30.4. The van der Waals surface area contributed by atoms with E-state index < -0.39 is 81.9 Å². The largest absolute Gasteiger partial charge is 0.450 e. The standard InChI is InChI=1S/C32H46N8O14/c1-5-19(39-15-21(23(41)35-27(39)45)25(43)37-31(49)51-7-3)17-53-29(47)33-13-11-9-10-12-14-34-30(48)54-18-20(6-2)40-16-22(24(42)36-28(40)46)26(44)38-32(50)52-8-4/h15-16,19-20H,5-14,17-18H2,1-4H3,(H,33,47)(H,34,48)(H,35,41,45)(H,36,42,46)(H,37,43,49)(H,38,44,50)/t19-,20-/m1/s1. The summed E-state index contributed by atoms with van der Waals surface area (Å²) in [7, 11) is 0. The monoisotopic (exact) mass is 766 g/mol. The first kappa shape index (κ1) is 43.9. The number of hydrogen-bond donors (Lipinski definition) is 6. The zero-order valence-electron chi connectivity index (χ0n) is 30.4. The highest BCUT2D eigenvalue weighted by Crippen LogP contribution is 2.11. The van der Waals surface area contributed by atoms with Crippen LogP contribution in [0.5, 0.6) is 0 Å². The normalized spacial score (nSPS) is 11.7. The molecular weight excluding hydrogens is 720 g/mol. The van der Waals surface area contributed by atoms with E-state index in [1.54, 1.807) is 13.8 Å². The molecule has 0 aromatic carbocycles. The number of alkyl carbamates (subject to hydrolysis) is 4. The Hall–Kier alpha value is -6.22. The van der Waals surface area contributed by atoms with Gasteiger partial charge in [0.2, 0.25) is 0 Å². The summed E-state index contributed by atoms with van der Waals surface area (Å²) in [5, 5.41) is 8.93. The highest BCUT2D eigenvalue weighted by Gasteiger charge is 2.22. The molecule has 2 aromatic heterocycles. The van der Waals surface area contributed by atoms with Crippen LogP contribution in [0.2, 0.25) is 0 Å². The van der Waals surface area contributed by atoms with Crippen LogP contribution in [0.1, 0.15) is 99.0 Å². The molecule has 2 atom stereocenters. The van der Waals surface area contributed by atoms with Crippen molar-refractivity contribution in [2.75, 3.05) is 39.5 Å². The molecule has 0 bridgehead atoms. The van der Waals surface area contributed by atoms with Gasteiger partial charge in [-0.2, -0.15) is 0 Å². The second-order valence-corrected chi connectivity index (χ2v) is 11.4. The van der Waals surface area contributed by atoms with Crippen LogP contribution in [-0.2, 0) is 18.9 Å². The summed E-state index contributed by atoms with van der Waals surface area (Å²) >= 11 is 0. The molecule has 0 saturated carbocycles. The van der Waals surface area contributed by atoms with Crippen LogP contribution in [0.4, 0.5) is 19.2 Å². The minimum absolute atomic E-state index is 0.00500. The third-order valence-electron chi connectivity index (χ3n) is 7.59. The van der Waals surface area contributed by atoms with Gasteiger partial charge in [-0.1, -0.05) is 26.7 Å². The van der Waals surface area contributed by atoms with E-state index in [1.165, 1.54) is 13.8 Å². The van der Waals surface area contributed by atoms with Crippen LogP contribution in [0.3, 0.4) is 0 Å². The Labute approximate surface area is 307 Å². The van der Waals surface area contributed by atoms with Crippen molar-refractivity contribution >= 4 is 36.2 Å². The smallest absolute Gasteiger partial charge is 0.414 e. The number of rotatable bonds is 19. The van der Waals surface area contributed by atoms with Crippen molar-refractivity contribution in [2.45, 2.75) is 78.3 Å². The Morgan fingerprint density at radius 3 is 1.28 bits per heavy atom. The highest BCUT2D eigenvalue weighted by atomic mass is 16.6. The Kier molecular flexibility index (Phi) is 18.4. The van der Waals surface area contributed by atoms with Gasteiger partial charge in [0.05, 0.1) is 25.3 Å². The Morgan fingerprint density at radius 1 is 0.574 bits per heavy atom. The number of hydrogen-bond acceptors (Lipinski definition) is 14. The molecule has 0 aliphatic rings. The molecule has 6 amide bonds. The molecule has 0 saturated heterocycles. The lowest BCUT2D eigenvalue weighted by molar-refractivity contribution is 0.0908. The van der Waals surface area contributed by atoms with E-state index in [0.717, 1.165) is 21.5 Å². The predicted octanol–water partition coefficient (Wildman–Crippen LogP) is 0.774. The fourth-order valence-electron chi connectivity index (χ4n) is 4.71. The van der Waals surface area contributed by atoms with E-state index in [1.807, 2.05) is 20.6 Å². The van der Waals surface area contributed by atoms with Crippen LogP contribution < -0.4 is 43.8 Å². The molecular formula is C32H46N8O14. The summed E-state index contributed by atoms with van der Waals surface area (Å²) in [4.78, 5) is 125. The van der Waals surface area contributed by atoms with Crippen molar-refractivity contribution in [2.24, 2.45) is 0 Å². The van der Waals surface area contributed by atoms with Crippen LogP contribution in [0.15, 0.2) is 31.6 Å². The number of ether oxygens (including phenoxy) is 4. The van der Waals surface area contributed by atoms with Gasteiger partial charge >= 0.3 is 35.8 Å². The number of H-pyrrole nitrogens is 2. The second kappa shape index (κ2) is 22.7. The van der Waals surface area contributed by atoms with Crippen molar-refractivity contribution < 1.29 is 47.7 Å². The van der Waals surface area contributed by atoms with Gasteiger partial charge in [0.25, 0.3) is 22.9 Å². The Bertz CT molecular complexity index is 1730. The second-order valence-electron chi connectivity index (χ2n) is 11.4.